The van der Waals surface area contributed by atoms with Crippen molar-refractivity contribution in [3.8, 4) is 17.2 Å². The Kier molecular flexibility index (Phi) is 7.26. The molecule has 0 aromatic heterocycles. The summed E-state index contributed by atoms with van der Waals surface area (Å²) in [5.74, 6) is 1.33. The third-order valence-corrected chi connectivity index (χ3v) is 7.18. The second-order valence-corrected chi connectivity index (χ2v) is 10.7. The van der Waals surface area contributed by atoms with E-state index < -0.39 is 10.0 Å². The lowest BCUT2D eigenvalue weighted by Crippen LogP contribution is -2.21. The molecule has 0 aliphatic carbocycles. The second-order valence-electron chi connectivity index (χ2n) is 7.72. The Bertz CT molecular complexity index is 1230. The molecule has 4 rings (SSSR count). The van der Waals surface area contributed by atoms with Crippen LogP contribution >= 0.6 is 34.8 Å². The summed E-state index contributed by atoms with van der Waals surface area (Å²) in [5, 5.41) is 1.30. The van der Waals surface area contributed by atoms with Gasteiger partial charge in [0.05, 0.1) is 15.6 Å². The maximum atomic E-state index is 12.9. The molecule has 0 amide bonds. The summed E-state index contributed by atoms with van der Waals surface area (Å²) >= 11 is 18.2. The summed E-state index contributed by atoms with van der Waals surface area (Å²) in [6, 6.07) is 15.6. The quantitative estimate of drug-likeness (QED) is 0.389. The number of ether oxygens (including phenoxy) is 2. The minimum atomic E-state index is -3.84. The molecule has 0 bridgehead atoms. The maximum Gasteiger partial charge on any atom is 0.261 e. The van der Waals surface area contributed by atoms with E-state index in [2.05, 4.69) is 9.62 Å². The summed E-state index contributed by atoms with van der Waals surface area (Å²) in [7, 11) is -1.81. The first-order chi connectivity index (χ1) is 15.7. The molecule has 3 aromatic carbocycles. The number of likely N-dealkylation sites (N-methyl/N-ethyl adjacent to an activating group) is 1. The van der Waals surface area contributed by atoms with E-state index in [0.29, 0.717) is 38.0 Å². The van der Waals surface area contributed by atoms with Gasteiger partial charge in [-0.1, -0.05) is 34.8 Å². The van der Waals surface area contributed by atoms with E-state index in [4.69, 9.17) is 44.3 Å². The summed E-state index contributed by atoms with van der Waals surface area (Å²) in [6.45, 7) is 1.74. The number of benzene rings is 3. The van der Waals surface area contributed by atoms with Gasteiger partial charge in [-0.25, -0.2) is 8.42 Å². The molecule has 1 heterocycles. The van der Waals surface area contributed by atoms with E-state index in [-0.39, 0.29) is 11.0 Å². The van der Waals surface area contributed by atoms with Crippen LogP contribution in [0.4, 0.5) is 5.69 Å². The maximum absolute atomic E-state index is 12.9. The van der Waals surface area contributed by atoms with E-state index in [0.717, 1.165) is 19.5 Å². The van der Waals surface area contributed by atoms with Gasteiger partial charge in [0.2, 0.25) is 0 Å². The van der Waals surface area contributed by atoms with Crippen LogP contribution < -0.4 is 14.2 Å². The number of nitrogens with one attached hydrogen (secondary N) is 1. The predicted octanol–water partition coefficient (Wildman–Crippen LogP) is 6.32. The highest BCUT2D eigenvalue weighted by atomic mass is 35.5. The van der Waals surface area contributed by atoms with Crippen molar-refractivity contribution in [3.63, 3.8) is 0 Å². The number of hydrogen-bond acceptors (Lipinski definition) is 5. The van der Waals surface area contributed by atoms with Crippen LogP contribution in [-0.2, 0) is 10.0 Å². The Balaban J connectivity index is 1.46. The average molecular weight is 528 g/mol. The fraction of sp³-hybridized carbons (Fsp3) is 0.217. The molecule has 0 saturated carbocycles. The van der Waals surface area contributed by atoms with Crippen molar-refractivity contribution in [3.05, 3.63) is 75.7 Å². The van der Waals surface area contributed by atoms with Crippen LogP contribution in [0.3, 0.4) is 0 Å². The van der Waals surface area contributed by atoms with Gasteiger partial charge in [-0.15, -0.1) is 0 Å². The minimum Gasteiger partial charge on any atom is -0.487 e. The summed E-state index contributed by atoms with van der Waals surface area (Å²) < 4.78 is 40.0. The third-order valence-electron chi connectivity index (χ3n) is 5.03. The molecule has 1 N–H and O–H groups in total. The molecular formula is C23H21Cl3N2O4S. The molecule has 1 atom stereocenters. The molecular weight excluding hydrogens is 507 g/mol. The number of halogens is 3. The first kappa shape index (κ1) is 24.0. The Morgan fingerprint density at radius 1 is 0.939 bits per heavy atom. The molecule has 0 radical (unpaired) electrons. The third kappa shape index (κ3) is 6.25. The van der Waals surface area contributed by atoms with Crippen molar-refractivity contribution in [1.82, 2.24) is 4.90 Å². The Hall–Kier alpha value is -2.16. The lowest BCUT2D eigenvalue weighted by Gasteiger charge is -2.16. The van der Waals surface area contributed by atoms with Crippen LogP contribution in [0, 0.1) is 0 Å². The number of hydrogen-bond donors (Lipinski definition) is 1. The number of nitrogens with zero attached hydrogens (tertiary/aromatic N) is 1. The minimum absolute atomic E-state index is 0.0151. The lowest BCUT2D eigenvalue weighted by molar-refractivity contribution is 0.208. The molecule has 1 unspecified atom stereocenters. The van der Waals surface area contributed by atoms with E-state index in [1.165, 1.54) is 12.1 Å². The molecule has 3 aromatic rings. The highest BCUT2D eigenvalue weighted by Crippen LogP contribution is 2.32. The van der Waals surface area contributed by atoms with Crippen molar-refractivity contribution >= 4 is 50.5 Å². The number of sulfonamides is 1. The van der Waals surface area contributed by atoms with Gasteiger partial charge in [-0.3, -0.25) is 4.72 Å². The normalized spacial score (nSPS) is 16.5. The van der Waals surface area contributed by atoms with Gasteiger partial charge in [0.1, 0.15) is 23.4 Å². The first-order valence-electron chi connectivity index (χ1n) is 10.1. The van der Waals surface area contributed by atoms with Gasteiger partial charge in [0.15, 0.2) is 0 Å². The molecule has 1 aliphatic heterocycles. The zero-order chi connectivity index (χ0) is 23.6. The van der Waals surface area contributed by atoms with Gasteiger partial charge in [0, 0.05) is 29.2 Å². The molecule has 1 fully saturated rings. The number of likely N-dealkylation sites (tertiary alicyclic amines) is 1. The standard InChI is InChI=1S/C23H21Cl3N2O4S/c1-28-9-8-19(14-28)32-23-13-17(2-7-22(23)26)27-33(29,30)21-5-3-18(4-6-21)31-20-11-15(24)10-16(25)12-20/h2-7,10-13,19,27H,8-9,14H2,1H3. The van der Waals surface area contributed by atoms with Gasteiger partial charge < -0.3 is 14.4 Å². The first-order valence-corrected chi connectivity index (χ1v) is 12.7. The zero-order valence-electron chi connectivity index (χ0n) is 17.6. The van der Waals surface area contributed by atoms with Crippen LogP contribution in [0.2, 0.25) is 15.1 Å². The molecule has 6 nitrogen and oxygen atoms in total. The highest BCUT2D eigenvalue weighted by Gasteiger charge is 2.22. The van der Waals surface area contributed by atoms with Crippen LogP contribution in [-0.4, -0.2) is 39.6 Å². The van der Waals surface area contributed by atoms with Crippen LogP contribution in [0.25, 0.3) is 0 Å². The van der Waals surface area contributed by atoms with Crippen molar-refractivity contribution in [1.29, 1.82) is 0 Å². The monoisotopic (exact) mass is 526 g/mol. The number of anilines is 1. The average Bonchev–Trinajstić information content (AvgIpc) is 3.14. The van der Waals surface area contributed by atoms with E-state index in [1.807, 2.05) is 7.05 Å². The predicted molar refractivity (Wildman–Crippen MR) is 132 cm³/mol. The molecule has 1 saturated heterocycles. The van der Waals surface area contributed by atoms with E-state index in [1.54, 1.807) is 48.5 Å². The van der Waals surface area contributed by atoms with E-state index in [9.17, 15) is 8.42 Å². The molecule has 174 valence electrons. The van der Waals surface area contributed by atoms with Crippen LogP contribution in [0.5, 0.6) is 17.2 Å². The van der Waals surface area contributed by atoms with Crippen LogP contribution in [0.15, 0.2) is 65.6 Å². The van der Waals surface area contributed by atoms with Crippen LogP contribution in [0.1, 0.15) is 6.42 Å². The van der Waals surface area contributed by atoms with Gasteiger partial charge in [-0.05, 0) is 68.1 Å². The van der Waals surface area contributed by atoms with Gasteiger partial charge in [0.25, 0.3) is 10.0 Å². The number of rotatable bonds is 7. The van der Waals surface area contributed by atoms with Crippen molar-refractivity contribution in [2.24, 2.45) is 0 Å². The molecule has 0 spiro atoms. The van der Waals surface area contributed by atoms with Gasteiger partial charge in [-0.2, -0.15) is 0 Å². The smallest absolute Gasteiger partial charge is 0.261 e. The largest absolute Gasteiger partial charge is 0.487 e. The Morgan fingerprint density at radius 2 is 1.64 bits per heavy atom. The topological polar surface area (TPSA) is 67.9 Å². The Labute approximate surface area is 208 Å². The molecule has 33 heavy (non-hydrogen) atoms. The SMILES string of the molecule is CN1CCC(Oc2cc(NS(=O)(=O)c3ccc(Oc4cc(Cl)cc(Cl)c4)cc3)ccc2Cl)C1. The zero-order valence-corrected chi connectivity index (χ0v) is 20.7. The fourth-order valence-electron chi connectivity index (χ4n) is 3.45. The fourth-order valence-corrected chi connectivity index (χ4v) is 5.17. The molecule has 10 heteroatoms. The van der Waals surface area contributed by atoms with Gasteiger partial charge >= 0.3 is 0 Å². The highest BCUT2D eigenvalue weighted by molar-refractivity contribution is 7.92. The van der Waals surface area contributed by atoms with Crippen molar-refractivity contribution in [2.45, 2.75) is 17.4 Å². The lowest BCUT2D eigenvalue weighted by atomic mass is 10.3. The van der Waals surface area contributed by atoms with Crippen molar-refractivity contribution < 1.29 is 17.9 Å². The van der Waals surface area contributed by atoms with Crippen molar-refractivity contribution in [2.75, 3.05) is 24.9 Å². The van der Waals surface area contributed by atoms with E-state index >= 15 is 0 Å². The Morgan fingerprint density at radius 3 is 2.27 bits per heavy atom. The summed E-state index contributed by atoms with van der Waals surface area (Å²) in [5.41, 5.74) is 0.356. The second kappa shape index (κ2) is 9.99. The summed E-state index contributed by atoms with van der Waals surface area (Å²) in [6.07, 6.45) is 0.903. The summed E-state index contributed by atoms with van der Waals surface area (Å²) in [4.78, 5) is 2.24. The molecule has 1 aliphatic rings.